The Balaban J connectivity index is 2.30. The van der Waals surface area contributed by atoms with Crippen molar-refractivity contribution in [3.05, 3.63) is 0 Å². The summed E-state index contributed by atoms with van der Waals surface area (Å²) in [7, 11) is 3.88. The second kappa shape index (κ2) is 8.79. The van der Waals surface area contributed by atoms with E-state index in [1.165, 1.54) is 0 Å². The molecule has 1 heterocycles. The van der Waals surface area contributed by atoms with Crippen LogP contribution < -0.4 is 10.6 Å². The molecule has 0 spiro atoms. The highest BCUT2D eigenvalue weighted by Crippen LogP contribution is 2.10. The largest absolute Gasteiger partial charge is 0.355 e. The quantitative estimate of drug-likeness (QED) is 0.537. The van der Waals surface area contributed by atoms with Crippen molar-refractivity contribution in [3.8, 4) is 0 Å². The monoisotopic (exact) mass is 283 g/mol. The number of hydrogen-bond donors (Lipinski definition) is 2. The summed E-state index contributed by atoms with van der Waals surface area (Å²) in [4.78, 5) is 20.1. The molecular formula is C14H29N5O. The molecule has 1 atom stereocenters. The molecule has 1 aliphatic rings. The lowest BCUT2D eigenvalue weighted by atomic mass is 10.3. The molecule has 2 N–H and O–H groups in total. The molecule has 6 heteroatoms. The van der Waals surface area contributed by atoms with Crippen LogP contribution >= 0.6 is 0 Å². The normalized spacial score (nSPS) is 19.6. The molecule has 0 aliphatic carbocycles. The molecule has 1 saturated heterocycles. The molecule has 0 bridgehead atoms. The van der Waals surface area contributed by atoms with E-state index in [1.807, 2.05) is 11.8 Å². The van der Waals surface area contributed by atoms with Gasteiger partial charge in [0.25, 0.3) is 0 Å². The Labute approximate surface area is 122 Å². The van der Waals surface area contributed by atoms with Crippen LogP contribution in [0, 0.1) is 0 Å². The third kappa shape index (κ3) is 5.36. The fourth-order valence-corrected chi connectivity index (χ4v) is 2.24. The van der Waals surface area contributed by atoms with Gasteiger partial charge in [0.05, 0.1) is 0 Å². The van der Waals surface area contributed by atoms with Crippen molar-refractivity contribution >= 4 is 11.9 Å². The first-order chi connectivity index (χ1) is 9.60. The van der Waals surface area contributed by atoms with Crippen molar-refractivity contribution in [2.45, 2.75) is 32.7 Å². The minimum absolute atomic E-state index is 0.238. The Kier molecular flexibility index (Phi) is 7.36. The lowest BCUT2D eigenvalue weighted by Crippen LogP contribution is -2.46. The number of likely N-dealkylation sites (tertiary alicyclic amines) is 1. The van der Waals surface area contributed by atoms with Gasteiger partial charge in [0.2, 0.25) is 5.91 Å². The first-order valence-corrected chi connectivity index (χ1v) is 7.54. The van der Waals surface area contributed by atoms with Crippen molar-refractivity contribution in [2.75, 3.05) is 46.8 Å². The molecular weight excluding hydrogens is 254 g/mol. The molecule has 0 aromatic heterocycles. The zero-order chi connectivity index (χ0) is 15.0. The summed E-state index contributed by atoms with van der Waals surface area (Å²) in [6, 6.07) is 0.306. The van der Waals surface area contributed by atoms with E-state index < -0.39 is 0 Å². The Morgan fingerprint density at radius 1 is 1.45 bits per heavy atom. The molecule has 1 amide bonds. The van der Waals surface area contributed by atoms with Gasteiger partial charge in [-0.05, 0) is 20.0 Å². The van der Waals surface area contributed by atoms with Crippen LogP contribution in [0.2, 0.25) is 0 Å². The zero-order valence-corrected chi connectivity index (χ0v) is 13.3. The predicted octanol–water partition coefficient (Wildman–Crippen LogP) is 0.114. The summed E-state index contributed by atoms with van der Waals surface area (Å²) in [5.41, 5.74) is 0. The topological polar surface area (TPSA) is 60.0 Å². The van der Waals surface area contributed by atoms with E-state index in [0.717, 1.165) is 45.1 Å². The van der Waals surface area contributed by atoms with E-state index in [1.54, 1.807) is 7.05 Å². The number of guanidine groups is 1. The number of nitrogens with one attached hydrogen (secondary N) is 2. The maximum Gasteiger partial charge on any atom is 0.222 e. The van der Waals surface area contributed by atoms with E-state index in [2.05, 4.69) is 34.5 Å². The van der Waals surface area contributed by atoms with Gasteiger partial charge in [0.15, 0.2) is 5.96 Å². The highest BCUT2D eigenvalue weighted by atomic mass is 16.2. The minimum Gasteiger partial charge on any atom is -0.355 e. The summed E-state index contributed by atoms with van der Waals surface area (Å²) >= 11 is 0. The fourth-order valence-electron chi connectivity index (χ4n) is 2.24. The first-order valence-electron chi connectivity index (χ1n) is 7.54. The molecule has 116 valence electrons. The smallest absolute Gasteiger partial charge is 0.222 e. The molecule has 1 aliphatic heterocycles. The second-order valence-electron chi connectivity index (χ2n) is 5.22. The third-order valence-corrected chi connectivity index (χ3v) is 3.73. The van der Waals surface area contributed by atoms with E-state index in [9.17, 15) is 4.79 Å². The lowest BCUT2D eigenvalue weighted by molar-refractivity contribution is -0.129. The van der Waals surface area contributed by atoms with Gasteiger partial charge in [0, 0.05) is 45.7 Å². The van der Waals surface area contributed by atoms with E-state index in [-0.39, 0.29) is 5.91 Å². The number of amides is 1. The summed E-state index contributed by atoms with van der Waals surface area (Å²) < 4.78 is 0. The molecule has 1 fully saturated rings. The Bertz CT molecular complexity index is 332. The van der Waals surface area contributed by atoms with Crippen LogP contribution in [0.15, 0.2) is 4.99 Å². The molecule has 0 aromatic carbocycles. The molecule has 1 rings (SSSR count). The van der Waals surface area contributed by atoms with Gasteiger partial charge in [-0.2, -0.15) is 0 Å². The molecule has 1 unspecified atom stereocenters. The predicted molar refractivity (Wildman–Crippen MR) is 82.9 cm³/mol. The number of aliphatic imine (C=N–C) groups is 1. The van der Waals surface area contributed by atoms with Crippen LogP contribution in [0.25, 0.3) is 0 Å². The van der Waals surface area contributed by atoms with Crippen molar-refractivity contribution in [1.29, 1.82) is 0 Å². The summed E-state index contributed by atoms with van der Waals surface area (Å²) in [5.74, 6) is 1.06. The van der Waals surface area contributed by atoms with Gasteiger partial charge in [-0.25, -0.2) is 0 Å². The minimum atomic E-state index is 0.238. The summed E-state index contributed by atoms with van der Waals surface area (Å²) in [6.45, 7) is 8.59. The van der Waals surface area contributed by atoms with Gasteiger partial charge in [-0.1, -0.05) is 13.8 Å². The lowest BCUT2D eigenvalue weighted by Gasteiger charge is -2.20. The van der Waals surface area contributed by atoms with Crippen molar-refractivity contribution in [3.63, 3.8) is 0 Å². The second-order valence-corrected chi connectivity index (χ2v) is 5.22. The number of carbonyl (C=O) groups is 1. The summed E-state index contributed by atoms with van der Waals surface area (Å²) in [5, 5.41) is 6.71. The average molecular weight is 283 g/mol. The molecule has 0 radical (unpaired) electrons. The molecule has 6 nitrogen and oxygen atoms in total. The fraction of sp³-hybridized carbons (Fsp3) is 0.857. The van der Waals surface area contributed by atoms with Gasteiger partial charge >= 0.3 is 0 Å². The Hall–Kier alpha value is -1.30. The number of nitrogens with zero attached hydrogens (tertiary/aromatic N) is 3. The number of carbonyl (C=O) groups excluding carboxylic acids is 1. The van der Waals surface area contributed by atoms with Crippen molar-refractivity contribution in [1.82, 2.24) is 20.4 Å². The average Bonchev–Trinajstić information content (AvgIpc) is 2.93. The maximum atomic E-state index is 11.6. The Morgan fingerprint density at radius 2 is 2.20 bits per heavy atom. The third-order valence-electron chi connectivity index (χ3n) is 3.73. The highest BCUT2D eigenvalue weighted by molar-refractivity contribution is 5.80. The first kappa shape index (κ1) is 16.8. The van der Waals surface area contributed by atoms with Crippen LogP contribution in [0.1, 0.15) is 26.7 Å². The highest BCUT2D eigenvalue weighted by Gasteiger charge is 2.25. The molecule has 20 heavy (non-hydrogen) atoms. The number of likely N-dealkylation sites (N-methyl/N-ethyl adjacent to an activating group) is 1. The number of rotatable bonds is 6. The van der Waals surface area contributed by atoms with Crippen molar-refractivity contribution < 1.29 is 4.79 Å². The van der Waals surface area contributed by atoms with Crippen LogP contribution in [0.3, 0.4) is 0 Å². The van der Waals surface area contributed by atoms with Crippen LogP contribution in [-0.4, -0.2) is 74.5 Å². The van der Waals surface area contributed by atoms with Gasteiger partial charge in [-0.15, -0.1) is 0 Å². The Morgan fingerprint density at radius 3 is 2.80 bits per heavy atom. The van der Waals surface area contributed by atoms with E-state index in [0.29, 0.717) is 12.5 Å². The number of hydrogen-bond acceptors (Lipinski definition) is 3. The maximum absolute atomic E-state index is 11.6. The zero-order valence-electron chi connectivity index (χ0n) is 13.3. The van der Waals surface area contributed by atoms with Crippen LogP contribution in [-0.2, 0) is 4.79 Å². The van der Waals surface area contributed by atoms with Gasteiger partial charge in [0.1, 0.15) is 0 Å². The molecule has 0 aromatic rings. The van der Waals surface area contributed by atoms with Crippen LogP contribution in [0.5, 0.6) is 0 Å². The van der Waals surface area contributed by atoms with E-state index >= 15 is 0 Å². The van der Waals surface area contributed by atoms with Gasteiger partial charge < -0.3 is 20.4 Å². The van der Waals surface area contributed by atoms with Crippen molar-refractivity contribution in [2.24, 2.45) is 4.99 Å². The summed E-state index contributed by atoms with van der Waals surface area (Å²) in [6.07, 6.45) is 1.57. The molecule has 0 saturated carbocycles. The van der Waals surface area contributed by atoms with Crippen LogP contribution in [0.4, 0.5) is 0 Å². The standard InChI is InChI=1S/C14H29N5O/c1-5-13(20)19-9-7-12(11-19)17-14(15-3)16-8-10-18(4)6-2/h12H,5-11H2,1-4H3,(H2,15,16,17). The van der Waals surface area contributed by atoms with E-state index in [4.69, 9.17) is 0 Å². The SMILES string of the molecule is CCC(=O)N1CCC(NC(=NC)NCCN(C)CC)C1. The van der Waals surface area contributed by atoms with Gasteiger partial charge in [-0.3, -0.25) is 9.79 Å².